The van der Waals surface area contributed by atoms with Crippen molar-refractivity contribution in [3.63, 3.8) is 0 Å². The van der Waals surface area contributed by atoms with E-state index in [9.17, 15) is 15.0 Å². The average molecular weight is 457 g/mol. The van der Waals surface area contributed by atoms with Crippen LogP contribution in [0.1, 0.15) is 112 Å². The van der Waals surface area contributed by atoms with Crippen LogP contribution in [0, 0.1) is 50.7 Å². The van der Waals surface area contributed by atoms with E-state index in [1.165, 1.54) is 51.4 Å². The molecule has 5 aliphatic rings. The van der Waals surface area contributed by atoms with Gasteiger partial charge in [-0.05, 0) is 128 Å². The number of rotatable bonds is 5. The molecule has 186 valence electrons. The van der Waals surface area contributed by atoms with E-state index in [0.29, 0.717) is 39.1 Å². The third kappa shape index (κ3) is 2.93. The van der Waals surface area contributed by atoms with Crippen LogP contribution >= 0.6 is 0 Å². The van der Waals surface area contributed by atoms with Gasteiger partial charge in [0.05, 0.1) is 6.10 Å². The fourth-order valence-electron chi connectivity index (χ4n) is 11.2. The summed E-state index contributed by atoms with van der Waals surface area (Å²) in [4.78, 5) is 11.2. The zero-order valence-corrected chi connectivity index (χ0v) is 22.0. The molecule has 9 atom stereocenters. The lowest BCUT2D eigenvalue weighted by Crippen LogP contribution is -2.57. The molecule has 5 saturated carbocycles. The smallest absolute Gasteiger partial charge is 0.330 e. The molecule has 9 unspecified atom stereocenters. The molecule has 5 fully saturated rings. The Hall–Kier alpha value is -0.830. The second-order valence-electron chi connectivity index (χ2n) is 14.3. The standard InChI is InChI=1S/C30H48O3/c1-19(8-7-9-20(2)25(32)33)21-12-14-28(6)23-11-10-22-26(3,4)24(31)13-15-29(22)18-30(23,29)17-16-27(21,28)5/h9,19,21-24,31H,7-8,10-18H2,1-6H3,(H,32,33)/b20-9+. The first-order valence-corrected chi connectivity index (χ1v) is 13.9. The lowest BCUT2D eigenvalue weighted by Gasteiger charge is -2.63. The lowest BCUT2D eigenvalue weighted by molar-refractivity contribution is -0.161. The second kappa shape index (κ2) is 7.34. The zero-order valence-electron chi connectivity index (χ0n) is 22.0. The van der Waals surface area contributed by atoms with Crippen LogP contribution in [-0.4, -0.2) is 22.3 Å². The van der Waals surface area contributed by atoms with Crippen LogP contribution in [0.5, 0.6) is 0 Å². The van der Waals surface area contributed by atoms with E-state index in [2.05, 4.69) is 34.6 Å². The Morgan fingerprint density at radius 3 is 2.30 bits per heavy atom. The fraction of sp³-hybridized carbons (Fsp3) is 0.900. The Bertz CT molecular complexity index is 859. The van der Waals surface area contributed by atoms with Crippen molar-refractivity contribution in [3.8, 4) is 0 Å². The monoisotopic (exact) mass is 456 g/mol. The van der Waals surface area contributed by atoms with Crippen LogP contribution in [0.2, 0.25) is 0 Å². The highest BCUT2D eigenvalue weighted by Gasteiger charge is 2.82. The first-order valence-electron chi connectivity index (χ1n) is 13.9. The van der Waals surface area contributed by atoms with Gasteiger partial charge in [0, 0.05) is 5.57 Å². The van der Waals surface area contributed by atoms with E-state index >= 15 is 0 Å². The summed E-state index contributed by atoms with van der Waals surface area (Å²) >= 11 is 0. The van der Waals surface area contributed by atoms with Crippen LogP contribution in [-0.2, 0) is 4.79 Å². The van der Waals surface area contributed by atoms with Gasteiger partial charge < -0.3 is 10.2 Å². The van der Waals surface area contributed by atoms with E-state index in [4.69, 9.17) is 0 Å². The van der Waals surface area contributed by atoms with Gasteiger partial charge in [-0.3, -0.25) is 0 Å². The summed E-state index contributed by atoms with van der Waals surface area (Å²) < 4.78 is 0. The quantitative estimate of drug-likeness (QED) is 0.429. The molecule has 0 heterocycles. The zero-order chi connectivity index (χ0) is 24.0. The predicted molar refractivity (Wildman–Crippen MR) is 133 cm³/mol. The Labute approximate surface area is 201 Å². The minimum atomic E-state index is -0.784. The number of carboxylic acid groups (broad SMARTS) is 1. The highest BCUT2D eigenvalue weighted by Crippen LogP contribution is 2.89. The molecule has 5 rings (SSSR count). The number of hydrogen-bond acceptors (Lipinski definition) is 2. The summed E-state index contributed by atoms with van der Waals surface area (Å²) in [7, 11) is 0. The number of aliphatic hydroxyl groups excluding tert-OH is 1. The molecular formula is C30H48O3. The van der Waals surface area contributed by atoms with E-state index in [1.54, 1.807) is 6.92 Å². The maximum Gasteiger partial charge on any atom is 0.330 e. The molecule has 3 heteroatoms. The maximum absolute atomic E-state index is 11.2. The summed E-state index contributed by atoms with van der Waals surface area (Å²) in [6.45, 7) is 14.2. The van der Waals surface area contributed by atoms with Crippen molar-refractivity contribution >= 4 is 5.97 Å². The highest BCUT2D eigenvalue weighted by atomic mass is 16.4. The fourth-order valence-corrected chi connectivity index (χ4v) is 11.2. The molecular weight excluding hydrogens is 408 g/mol. The van der Waals surface area contributed by atoms with Gasteiger partial charge in [-0.1, -0.05) is 40.7 Å². The van der Waals surface area contributed by atoms with Gasteiger partial charge in [-0.25, -0.2) is 4.79 Å². The van der Waals surface area contributed by atoms with Crippen molar-refractivity contribution in [2.75, 3.05) is 0 Å². The molecule has 0 bridgehead atoms. The van der Waals surface area contributed by atoms with Crippen LogP contribution in [0.25, 0.3) is 0 Å². The van der Waals surface area contributed by atoms with Gasteiger partial charge in [0.25, 0.3) is 0 Å². The van der Waals surface area contributed by atoms with Gasteiger partial charge in [-0.2, -0.15) is 0 Å². The summed E-state index contributed by atoms with van der Waals surface area (Å²) in [6.07, 6.45) is 15.7. The molecule has 2 spiro atoms. The summed E-state index contributed by atoms with van der Waals surface area (Å²) in [6, 6.07) is 0. The van der Waals surface area contributed by atoms with Gasteiger partial charge in [0.1, 0.15) is 0 Å². The van der Waals surface area contributed by atoms with E-state index in [0.717, 1.165) is 31.1 Å². The largest absolute Gasteiger partial charge is 0.478 e. The van der Waals surface area contributed by atoms with Crippen LogP contribution < -0.4 is 0 Å². The SMILES string of the molecule is C/C(=C\CCC(C)C1CCC2(C)C3CCC4C(C)(C)C(O)CCC45CC35CCC12C)C(=O)O. The first kappa shape index (κ1) is 23.9. The predicted octanol–water partition coefficient (Wildman–Crippen LogP) is 7.23. The third-order valence-corrected chi connectivity index (χ3v) is 13.3. The van der Waals surface area contributed by atoms with Crippen molar-refractivity contribution < 1.29 is 15.0 Å². The van der Waals surface area contributed by atoms with Crippen LogP contribution in [0.3, 0.4) is 0 Å². The Morgan fingerprint density at radius 2 is 1.61 bits per heavy atom. The second-order valence-corrected chi connectivity index (χ2v) is 14.3. The van der Waals surface area contributed by atoms with Crippen molar-refractivity contribution in [1.29, 1.82) is 0 Å². The molecule has 0 aliphatic heterocycles. The topological polar surface area (TPSA) is 57.5 Å². The van der Waals surface area contributed by atoms with Crippen molar-refractivity contribution in [1.82, 2.24) is 0 Å². The number of aliphatic carboxylic acids is 1. The number of fused-ring (bicyclic) bond motifs is 2. The van der Waals surface area contributed by atoms with E-state index < -0.39 is 5.97 Å². The normalized spacial score (nSPS) is 51.1. The maximum atomic E-state index is 11.2. The first-order chi connectivity index (χ1) is 15.4. The van der Waals surface area contributed by atoms with Crippen LogP contribution in [0.4, 0.5) is 0 Å². The van der Waals surface area contributed by atoms with Crippen molar-refractivity contribution in [2.24, 2.45) is 50.7 Å². The van der Waals surface area contributed by atoms with E-state index in [1.807, 2.05) is 6.08 Å². The molecule has 0 aromatic heterocycles. The minimum absolute atomic E-state index is 0.0721. The van der Waals surface area contributed by atoms with E-state index in [-0.39, 0.29) is 11.5 Å². The molecule has 0 aromatic carbocycles. The number of aliphatic hydroxyl groups is 1. The third-order valence-electron chi connectivity index (χ3n) is 13.3. The molecule has 0 aromatic rings. The van der Waals surface area contributed by atoms with Crippen LogP contribution in [0.15, 0.2) is 11.6 Å². The molecule has 0 amide bonds. The molecule has 0 saturated heterocycles. The summed E-state index contributed by atoms with van der Waals surface area (Å²) in [5.74, 6) is 2.19. The average Bonchev–Trinajstić information content (AvgIpc) is 3.33. The van der Waals surface area contributed by atoms with Gasteiger partial charge >= 0.3 is 5.97 Å². The minimum Gasteiger partial charge on any atom is -0.478 e. The highest BCUT2D eigenvalue weighted by molar-refractivity contribution is 5.85. The van der Waals surface area contributed by atoms with Gasteiger partial charge in [0.15, 0.2) is 0 Å². The van der Waals surface area contributed by atoms with Gasteiger partial charge in [-0.15, -0.1) is 0 Å². The van der Waals surface area contributed by atoms with Crippen molar-refractivity contribution in [3.05, 3.63) is 11.6 Å². The molecule has 2 N–H and O–H groups in total. The Balaban J connectivity index is 1.37. The van der Waals surface area contributed by atoms with Crippen molar-refractivity contribution in [2.45, 2.75) is 118 Å². The summed E-state index contributed by atoms with van der Waals surface area (Å²) in [5, 5.41) is 20.0. The number of hydrogen-bond donors (Lipinski definition) is 2. The molecule has 5 aliphatic carbocycles. The summed E-state index contributed by atoms with van der Waals surface area (Å²) in [5.41, 5.74) is 2.48. The number of carbonyl (C=O) groups is 1. The Morgan fingerprint density at radius 1 is 0.939 bits per heavy atom. The Kier molecular flexibility index (Phi) is 5.31. The molecule has 3 nitrogen and oxygen atoms in total. The number of allylic oxidation sites excluding steroid dienone is 1. The molecule has 33 heavy (non-hydrogen) atoms. The van der Waals surface area contributed by atoms with Gasteiger partial charge in [0.2, 0.25) is 0 Å². The number of carboxylic acids is 1. The molecule has 0 radical (unpaired) electrons. The lowest BCUT2D eigenvalue weighted by atomic mass is 9.41.